The maximum absolute atomic E-state index is 14.8. The summed E-state index contributed by atoms with van der Waals surface area (Å²) in [6.07, 6.45) is 0.0357. The zero-order chi connectivity index (χ0) is 63.5. The molecule has 0 saturated heterocycles. The maximum atomic E-state index is 14.8. The molecule has 10 atom stereocenters. The Morgan fingerprint density at radius 2 is 0.317 bits per heavy atom. The lowest BCUT2D eigenvalue weighted by Gasteiger charge is -2.32. The second-order valence-electron chi connectivity index (χ2n) is 26.3. The van der Waals surface area contributed by atoms with E-state index in [1.54, 1.807) is 76.2 Å². The van der Waals surface area contributed by atoms with E-state index in [-0.39, 0.29) is 142 Å². The minimum atomic E-state index is -1.05. The Balaban J connectivity index is 8.24. The number of nitrogens with one attached hydrogen (secondary N) is 10. The van der Waals surface area contributed by atoms with Crippen molar-refractivity contribution in [1.29, 1.82) is 0 Å². The molecule has 0 radical (unpaired) electrons. The molecule has 20 nitrogen and oxygen atoms in total. The van der Waals surface area contributed by atoms with E-state index in [1.807, 2.05) is 76.2 Å². The molecule has 0 aromatic heterocycles. The monoisotopic (exact) mass is 1160 g/mol. The van der Waals surface area contributed by atoms with Gasteiger partial charge in [-0.15, -0.1) is 0 Å². The molecule has 0 aromatic carbocycles. The summed E-state index contributed by atoms with van der Waals surface area (Å²) in [6, 6.07) is -2.85. The maximum Gasteiger partial charge on any atom is 0.223 e. The summed E-state index contributed by atoms with van der Waals surface area (Å²) in [5.74, 6) is -12.6. The molecule has 82 heavy (non-hydrogen) atoms. The van der Waals surface area contributed by atoms with E-state index in [4.69, 9.17) is 0 Å². The van der Waals surface area contributed by atoms with Crippen LogP contribution in [0.3, 0.4) is 0 Å². The van der Waals surface area contributed by atoms with Crippen LogP contribution < -0.4 is 53.2 Å². The average Bonchev–Trinajstić information content (AvgIpc) is 3.30. The van der Waals surface area contributed by atoms with Crippen LogP contribution in [-0.4, -0.2) is 119 Å². The van der Waals surface area contributed by atoms with Gasteiger partial charge < -0.3 is 53.2 Å². The molecule has 10 amide bonds. The van der Waals surface area contributed by atoms with Crippen molar-refractivity contribution >= 4 is 59.1 Å². The van der Waals surface area contributed by atoms with Crippen LogP contribution in [0.1, 0.15) is 217 Å². The topological polar surface area (TPSA) is 291 Å². The van der Waals surface area contributed by atoms with Gasteiger partial charge in [-0.25, -0.2) is 0 Å². The fourth-order valence-corrected chi connectivity index (χ4v) is 10.3. The number of hydrogen-bond donors (Lipinski definition) is 10. The molecule has 0 heterocycles. The van der Waals surface area contributed by atoms with Gasteiger partial charge in [0.2, 0.25) is 59.1 Å². The first-order chi connectivity index (χ1) is 37.9. The third kappa shape index (κ3) is 31.9. The van der Waals surface area contributed by atoms with Crippen molar-refractivity contribution in [2.45, 2.75) is 277 Å². The Labute approximate surface area is 494 Å². The molecule has 0 spiro atoms. The summed E-state index contributed by atoms with van der Waals surface area (Å²) in [7, 11) is 0. The van der Waals surface area contributed by atoms with Crippen LogP contribution in [0.15, 0.2) is 0 Å². The molecule has 20 heteroatoms. The Hall–Kier alpha value is -5.30. The normalized spacial score (nSPS) is 15.6. The predicted molar refractivity (Wildman–Crippen MR) is 325 cm³/mol. The molecule has 474 valence electrons. The first-order valence-corrected chi connectivity index (χ1v) is 30.9. The van der Waals surface area contributed by atoms with Gasteiger partial charge in [-0.3, -0.25) is 47.9 Å². The van der Waals surface area contributed by atoms with E-state index in [9.17, 15) is 47.9 Å². The number of carbonyl (C=O) groups excluding carboxylic acids is 10. The lowest BCUT2D eigenvalue weighted by molar-refractivity contribution is -0.134. The van der Waals surface area contributed by atoms with Crippen molar-refractivity contribution in [2.24, 2.45) is 59.2 Å². The molecule has 0 bridgehead atoms. The molecule has 0 aliphatic carbocycles. The molecule has 0 saturated carbocycles. The zero-order valence-corrected chi connectivity index (χ0v) is 54.7. The highest BCUT2D eigenvalue weighted by Crippen LogP contribution is 2.35. The third-order valence-corrected chi connectivity index (χ3v) is 13.8. The van der Waals surface area contributed by atoms with Crippen LogP contribution in [0.4, 0.5) is 0 Å². The van der Waals surface area contributed by atoms with Crippen molar-refractivity contribution in [2.75, 3.05) is 0 Å². The summed E-state index contributed by atoms with van der Waals surface area (Å²) in [6.45, 7) is 39.9. The lowest BCUT2D eigenvalue weighted by Crippen LogP contribution is -2.46. The van der Waals surface area contributed by atoms with Crippen LogP contribution >= 0.6 is 0 Å². The third-order valence-electron chi connectivity index (χ3n) is 13.8. The number of amides is 10. The summed E-state index contributed by atoms with van der Waals surface area (Å²) >= 11 is 0. The molecule has 0 rings (SSSR count). The number of carbonyl (C=O) groups is 10. The summed E-state index contributed by atoms with van der Waals surface area (Å²) in [5, 5.41) is 29.9. The largest absolute Gasteiger partial charge is 0.354 e. The highest BCUT2D eigenvalue weighted by Gasteiger charge is 2.41. The fraction of sp³-hybridized carbons (Fsp3) is 0.839. The van der Waals surface area contributed by atoms with Crippen LogP contribution in [0.25, 0.3) is 0 Å². The first kappa shape index (κ1) is 76.7. The number of hydrogen-bond acceptors (Lipinski definition) is 10. The SMILES string of the molecule is CCC(CC(CC(CC(CC(CC(CC(CC(CC(CC(C)C(=O)NC(C)C)C(=O)NC(C)C)C(=O)NC(C)C)C(=O)NC(C)C)C(=O)NC(C)C)C(=O)NC(C)C)C(=O)NC(C)C)C(=O)NC(C)C)C(=O)NC(C)C)C(=O)NC(C)C. The summed E-state index contributed by atoms with van der Waals surface area (Å²) in [4.78, 5) is 143. The van der Waals surface area contributed by atoms with Gasteiger partial charge in [0, 0.05) is 120 Å². The van der Waals surface area contributed by atoms with E-state index >= 15 is 0 Å². The van der Waals surface area contributed by atoms with Gasteiger partial charge in [0.1, 0.15) is 0 Å². The second-order valence-corrected chi connectivity index (χ2v) is 26.3. The van der Waals surface area contributed by atoms with Gasteiger partial charge in [0.15, 0.2) is 0 Å². The van der Waals surface area contributed by atoms with Crippen LogP contribution in [0.5, 0.6) is 0 Å². The van der Waals surface area contributed by atoms with E-state index in [0.717, 1.165) is 0 Å². The van der Waals surface area contributed by atoms with E-state index < -0.39 is 94.6 Å². The van der Waals surface area contributed by atoms with Gasteiger partial charge in [-0.05, 0) is 203 Å². The van der Waals surface area contributed by atoms with Gasteiger partial charge in [-0.2, -0.15) is 0 Å². The summed E-state index contributed by atoms with van der Waals surface area (Å²) in [5.41, 5.74) is 0. The van der Waals surface area contributed by atoms with Crippen LogP contribution in [-0.2, 0) is 47.9 Å². The molecule has 0 aliphatic heterocycles. The van der Waals surface area contributed by atoms with Gasteiger partial charge >= 0.3 is 0 Å². The molecule has 0 aliphatic rings. The lowest BCUT2D eigenvalue weighted by atomic mass is 9.75. The standard InChI is InChI=1S/C62H116N10O10/c1-23-44(54(74)64-34(4)5)25-46(56(76)66-36(8)9)27-48(58(78)68-38(12)13)29-50(60(80)70-40(16)17)31-52(62(82)72-42(20)21)32-51(61(81)71-41(18)19)30-49(59(79)69-39(14)15)28-47(57(77)67-37(10)11)26-45(55(75)65-35(6)7)24-43(22)53(73)63-33(2)3/h33-52H,23-32H2,1-22H3,(H,63,73)(H,64,74)(H,65,75)(H,66,76)(H,67,77)(H,68,78)(H,69,79)(H,70,80)(H,71,81)(H,72,82). The Morgan fingerprint density at radius 1 is 0.195 bits per heavy atom. The quantitative estimate of drug-likeness (QED) is 0.0326. The Kier molecular flexibility index (Phi) is 36.0. The molecular weight excluding hydrogens is 1040 g/mol. The van der Waals surface area contributed by atoms with Crippen molar-refractivity contribution in [3.8, 4) is 0 Å². The minimum absolute atomic E-state index is 0.0153. The van der Waals surface area contributed by atoms with Gasteiger partial charge in [-0.1, -0.05) is 13.8 Å². The molecule has 10 unspecified atom stereocenters. The van der Waals surface area contributed by atoms with Crippen molar-refractivity contribution in [1.82, 2.24) is 53.2 Å². The van der Waals surface area contributed by atoms with Crippen molar-refractivity contribution in [3.63, 3.8) is 0 Å². The van der Waals surface area contributed by atoms with Gasteiger partial charge in [0.25, 0.3) is 0 Å². The zero-order valence-electron chi connectivity index (χ0n) is 54.7. The molecule has 10 N–H and O–H groups in total. The predicted octanol–water partition coefficient (Wildman–Crippen LogP) is 6.34. The van der Waals surface area contributed by atoms with Gasteiger partial charge in [0.05, 0.1) is 0 Å². The second kappa shape index (κ2) is 38.5. The van der Waals surface area contributed by atoms with Crippen molar-refractivity contribution in [3.05, 3.63) is 0 Å². The van der Waals surface area contributed by atoms with E-state index in [0.29, 0.717) is 6.42 Å². The fourth-order valence-electron chi connectivity index (χ4n) is 10.3. The average molecular weight is 1160 g/mol. The van der Waals surface area contributed by atoms with E-state index in [2.05, 4.69) is 53.2 Å². The Bertz CT molecular complexity index is 2020. The van der Waals surface area contributed by atoms with Crippen molar-refractivity contribution < 1.29 is 47.9 Å². The first-order valence-electron chi connectivity index (χ1n) is 30.9. The molecular formula is C62H116N10O10. The van der Waals surface area contributed by atoms with Crippen LogP contribution in [0.2, 0.25) is 0 Å². The molecule has 0 fully saturated rings. The highest BCUT2D eigenvalue weighted by molar-refractivity contribution is 5.88. The van der Waals surface area contributed by atoms with Crippen LogP contribution in [0, 0.1) is 59.2 Å². The minimum Gasteiger partial charge on any atom is -0.354 e. The Morgan fingerprint density at radius 3 is 0.463 bits per heavy atom. The smallest absolute Gasteiger partial charge is 0.223 e. The summed E-state index contributed by atoms with van der Waals surface area (Å²) < 4.78 is 0. The van der Waals surface area contributed by atoms with E-state index in [1.165, 1.54) is 0 Å². The highest BCUT2D eigenvalue weighted by atomic mass is 16.2. The number of rotatable bonds is 39. The molecule has 0 aromatic rings.